The van der Waals surface area contributed by atoms with Gasteiger partial charge in [-0.15, -0.1) is 11.3 Å². The van der Waals surface area contributed by atoms with E-state index in [4.69, 9.17) is 0 Å². The molecule has 1 nitrogen and oxygen atoms in total. The smallest absolute Gasteiger partial charge is 0.0456 e. The molecule has 1 aromatic heterocycles. The molecule has 0 bridgehead atoms. The van der Waals surface area contributed by atoms with E-state index in [0.29, 0.717) is 0 Å². The largest absolute Gasteiger partial charge is 0.261 e. The molecule has 0 spiro atoms. The van der Waals surface area contributed by atoms with E-state index in [-0.39, 0.29) is 0 Å². The first-order valence-electron chi connectivity index (χ1n) is 3.64. The molecule has 0 aliphatic carbocycles. The van der Waals surface area contributed by atoms with Crippen LogP contribution in [-0.4, -0.2) is 5.71 Å². The second-order valence-corrected chi connectivity index (χ2v) is 3.56. The maximum absolute atomic E-state index is 4.28. The fourth-order valence-electron chi connectivity index (χ4n) is 1.21. The van der Waals surface area contributed by atoms with Crippen LogP contribution in [0.2, 0.25) is 0 Å². The molecule has 2 rings (SSSR count). The highest BCUT2D eigenvalue weighted by Crippen LogP contribution is 2.20. The van der Waals surface area contributed by atoms with Gasteiger partial charge in [-0.05, 0) is 18.4 Å². The maximum atomic E-state index is 4.28. The second kappa shape index (κ2) is 2.62. The summed E-state index contributed by atoms with van der Waals surface area (Å²) in [5.74, 6) is 0. The quantitative estimate of drug-likeness (QED) is 0.557. The van der Waals surface area contributed by atoms with Crippen molar-refractivity contribution in [3.05, 3.63) is 34.2 Å². The minimum atomic E-state index is 1.04. The second-order valence-electron chi connectivity index (χ2n) is 2.56. The molecule has 2 heteroatoms. The van der Waals surface area contributed by atoms with Gasteiger partial charge in [0.05, 0.1) is 0 Å². The summed E-state index contributed by atoms with van der Waals surface area (Å²) in [6, 6.07) is 2.14. The molecule has 11 heavy (non-hydrogen) atoms. The van der Waals surface area contributed by atoms with Crippen LogP contribution in [0, 0.1) is 0 Å². The summed E-state index contributed by atoms with van der Waals surface area (Å²) >= 11 is 1.81. The Morgan fingerprint density at radius 2 is 2.45 bits per heavy atom. The van der Waals surface area contributed by atoms with E-state index in [9.17, 15) is 0 Å². The summed E-state index contributed by atoms with van der Waals surface area (Å²) in [5.41, 5.74) is 2.45. The average molecular weight is 163 g/mol. The van der Waals surface area contributed by atoms with E-state index in [0.717, 1.165) is 12.1 Å². The van der Waals surface area contributed by atoms with Gasteiger partial charge in [0, 0.05) is 28.8 Å². The zero-order chi connectivity index (χ0) is 7.68. The Morgan fingerprint density at radius 1 is 1.55 bits per heavy atom. The van der Waals surface area contributed by atoms with Crippen LogP contribution >= 0.6 is 11.3 Å². The number of fused-ring (bicyclic) bond motifs is 1. The van der Waals surface area contributed by atoms with E-state index >= 15 is 0 Å². The molecular weight excluding hydrogens is 154 g/mol. The first-order chi connectivity index (χ1) is 5.38. The van der Waals surface area contributed by atoms with Crippen LogP contribution in [0.3, 0.4) is 0 Å². The maximum Gasteiger partial charge on any atom is 0.0456 e. The molecule has 1 aliphatic heterocycles. The van der Waals surface area contributed by atoms with E-state index in [2.05, 4.69) is 29.4 Å². The third kappa shape index (κ3) is 1.14. The highest BCUT2D eigenvalue weighted by molar-refractivity contribution is 7.10. The van der Waals surface area contributed by atoms with Gasteiger partial charge < -0.3 is 0 Å². The summed E-state index contributed by atoms with van der Waals surface area (Å²) in [6.45, 7) is 2.06. The lowest BCUT2D eigenvalue weighted by Gasteiger charge is -1.95. The standard InChI is InChI=1S/C9H9NS/c1-7-8-4-6-11-9(8)3-2-5-10-7/h2,4-6H,3H2,1H3. The Bertz CT molecular complexity index is 320. The number of hydrogen-bond donors (Lipinski definition) is 0. The summed E-state index contributed by atoms with van der Waals surface area (Å²) in [6.07, 6.45) is 5.03. The first kappa shape index (κ1) is 6.80. The number of rotatable bonds is 0. The minimum Gasteiger partial charge on any atom is -0.261 e. The van der Waals surface area contributed by atoms with Gasteiger partial charge in [-0.1, -0.05) is 6.08 Å². The minimum absolute atomic E-state index is 1.04. The SMILES string of the molecule is CC1=NC=CCc2sccc21. The van der Waals surface area contributed by atoms with Crippen LogP contribution in [0.5, 0.6) is 0 Å². The van der Waals surface area contributed by atoms with Crippen LogP contribution in [-0.2, 0) is 6.42 Å². The molecule has 0 N–H and O–H groups in total. The van der Waals surface area contributed by atoms with E-state index in [1.54, 1.807) is 0 Å². The summed E-state index contributed by atoms with van der Waals surface area (Å²) < 4.78 is 0. The molecule has 1 aliphatic rings. The van der Waals surface area contributed by atoms with Crippen molar-refractivity contribution in [2.24, 2.45) is 4.99 Å². The lowest BCUT2D eigenvalue weighted by atomic mass is 10.1. The zero-order valence-electron chi connectivity index (χ0n) is 6.37. The number of thiophene rings is 1. The summed E-state index contributed by atoms with van der Waals surface area (Å²) in [4.78, 5) is 5.71. The fourth-order valence-corrected chi connectivity index (χ4v) is 2.12. The van der Waals surface area contributed by atoms with Crippen molar-refractivity contribution >= 4 is 17.0 Å². The van der Waals surface area contributed by atoms with Crippen molar-refractivity contribution in [1.82, 2.24) is 0 Å². The Labute approximate surface area is 70.1 Å². The van der Waals surface area contributed by atoms with Crippen LogP contribution in [0.15, 0.2) is 28.7 Å². The van der Waals surface area contributed by atoms with Crippen LogP contribution < -0.4 is 0 Å². The van der Waals surface area contributed by atoms with Crippen molar-refractivity contribution in [3.8, 4) is 0 Å². The molecule has 2 heterocycles. The molecule has 0 atom stereocenters. The van der Waals surface area contributed by atoms with Crippen molar-refractivity contribution < 1.29 is 0 Å². The van der Waals surface area contributed by atoms with Gasteiger partial charge >= 0.3 is 0 Å². The monoisotopic (exact) mass is 163 g/mol. The number of aliphatic imine (C=N–C) groups is 1. The Balaban J connectivity index is 2.56. The molecule has 0 radical (unpaired) electrons. The van der Waals surface area contributed by atoms with Crippen molar-refractivity contribution in [2.45, 2.75) is 13.3 Å². The number of allylic oxidation sites excluding steroid dienone is 1. The molecule has 0 unspecified atom stereocenters. The summed E-state index contributed by atoms with van der Waals surface area (Å²) in [5, 5.41) is 2.13. The van der Waals surface area contributed by atoms with Gasteiger partial charge in [-0.25, -0.2) is 0 Å². The molecule has 0 fully saturated rings. The molecule has 0 amide bonds. The molecular formula is C9H9NS. The van der Waals surface area contributed by atoms with Gasteiger partial charge in [0.2, 0.25) is 0 Å². The van der Waals surface area contributed by atoms with Crippen LogP contribution in [0.4, 0.5) is 0 Å². The van der Waals surface area contributed by atoms with Gasteiger partial charge in [0.15, 0.2) is 0 Å². The van der Waals surface area contributed by atoms with Gasteiger partial charge in [-0.2, -0.15) is 0 Å². The predicted octanol–water partition coefficient (Wildman–Crippen LogP) is 2.63. The van der Waals surface area contributed by atoms with Crippen molar-refractivity contribution in [1.29, 1.82) is 0 Å². The third-order valence-electron chi connectivity index (χ3n) is 1.81. The highest BCUT2D eigenvalue weighted by atomic mass is 32.1. The zero-order valence-corrected chi connectivity index (χ0v) is 7.19. The lowest BCUT2D eigenvalue weighted by Crippen LogP contribution is -1.92. The number of nitrogens with zero attached hydrogens (tertiary/aromatic N) is 1. The first-order valence-corrected chi connectivity index (χ1v) is 4.52. The Kier molecular flexibility index (Phi) is 1.62. The number of hydrogen-bond acceptors (Lipinski definition) is 2. The Morgan fingerprint density at radius 3 is 3.36 bits per heavy atom. The molecule has 0 aromatic carbocycles. The van der Waals surface area contributed by atoms with Gasteiger partial charge in [0.25, 0.3) is 0 Å². The van der Waals surface area contributed by atoms with Crippen LogP contribution in [0.25, 0.3) is 0 Å². The van der Waals surface area contributed by atoms with Gasteiger partial charge in [-0.3, -0.25) is 4.99 Å². The van der Waals surface area contributed by atoms with E-state index in [1.807, 2.05) is 17.5 Å². The van der Waals surface area contributed by atoms with Crippen molar-refractivity contribution in [2.75, 3.05) is 0 Å². The highest BCUT2D eigenvalue weighted by Gasteiger charge is 2.06. The van der Waals surface area contributed by atoms with Gasteiger partial charge in [0.1, 0.15) is 0 Å². The summed E-state index contributed by atoms with van der Waals surface area (Å²) in [7, 11) is 0. The van der Waals surface area contributed by atoms with E-state index < -0.39 is 0 Å². The van der Waals surface area contributed by atoms with E-state index in [1.165, 1.54) is 10.4 Å². The fraction of sp³-hybridized carbons (Fsp3) is 0.222. The predicted molar refractivity (Wildman–Crippen MR) is 49.4 cm³/mol. The molecule has 1 aromatic rings. The molecule has 0 saturated carbocycles. The molecule has 0 saturated heterocycles. The molecule has 56 valence electrons. The lowest BCUT2D eigenvalue weighted by molar-refractivity contribution is 1.33. The average Bonchev–Trinajstić information content (AvgIpc) is 2.40. The third-order valence-corrected chi connectivity index (χ3v) is 2.76. The van der Waals surface area contributed by atoms with Crippen molar-refractivity contribution in [3.63, 3.8) is 0 Å². The van der Waals surface area contributed by atoms with Crippen LogP contribution in [0.1, 0.15) is 17.4 Å². The normalized spacial score (nSPS) is 15.5. The Hall–Kier alpha value is -0.890. The topological polar surface area (TPSA) is 12.4 Å².